The van der Waals surface area contributed by atoms with Crippen LogP contribution in [0.2, 0.25) is 0 Å². The second kappa shape index (κ2) is 10.7. The molecule has 14 heavy (non-hydrogen) atoms. The van der Waals surface area contributed by atoms with Crippen molar-refractivity contribution in [3.05, 3.63) is 12.7 Å². The number of hydrogen-bond donors (Lipinski definition) is 2. The van der Waals surface area contributed by atoms with Gasteiger partial charge in [-0.2, -0.15) is 0 Å². The van der Waals surface area contributed by atoms with Crippen molar-refractivity contribution in [2.45, 2.75) is 44.6 Å². The Kier molecular flexibility index (Phi) is 10.4. The molecule has 0 aliphatic rings. The van der Waals surface area contributed by atoms with Crippen molar-refractivity contribution in [1.29, 1.82) is 0 Å². The first kappa shape index (κ1) is 13.6. The van der Waals surface area contributed by atoms with Crippen molar-refractivity contribution < 1.29 is 4.74 Å². The van der Waals surface area contributed by atoms with E-state index < -0.39 is 0 Å². The maximum Gasteiger partial charge on any atom is 0.0477 e. The molecule has 0 fully saturated rings. The van der Waals surface area contributed by atoms with Gasteiger partial charge in [0.1, 0.15) is 0 Å². The molecule has 0 saturated heterocycles. The molecule has 0 spiro atoms. The summed E-state index contributed by atoms with van der Waals surface area (Å²) in [6.45, 7) is 4.48. The van der Waals surface area contributed by atoms with E-state index in [9.17, 15) is 0 Å². The van der Waals surface area contributed by atoms with Crippen molar-refractivity contribution in [3.8, 4) is 0 Å². The lowest BCUT2D eigenvalue weighted by atomic mass is 10.1. The van der Waals surface area contributed by atoms with Gasteiger partial charge in [0.25, 0.3) is 0 Å². The molecule has 0 aromatic rings. The van der Waals surface area contributed by atoms with Gasteiger partial charge in [-0.25, -0.2) is 0 Å². The van der Waals surface area contributed by atoms with Gasteiger partial charge in [-0.05, 0) is 25.7 Å². The Hall–Kier alpha value is -0.380. The summed E-state index contributed by atoms with van der Waals surface area (Å²) in [5.41, 5.74) is 2.83. The van der Waals surface area contributed by atoms with Crippen molar-refractivity contribution in [1.82, 2.24) is 5.43 Å². The summed E-state index contributed by atoms with van der Waals surface area (Å²) in [4.78, 5) is 0. The molecule has 0 rings (SSSR count). The molecule has 0 heterocycles. The summed E-state index contributed by atoms with van der Waals surface area (Å²) in [6, 6.07) is 0.402. The van der Waals surface area contributed by atoms with Crippen LogP contribution in [0.5, 0.6) is 0 Å². The zero-order valence-electron chi connectivity index (χ0n) is 9.30. The molecule has 0 aliphatic carbocycles. The number of allylic oxidation sites excluding steroid dienone is 1. The molecule has 1 unspecified atom stereocenters. The topological polar surface area (TPSA) is 47.3 Å². The number of hydrazine groups is 1. The SMILES string of the molecule is C=CCCCCCC(CCOC)NN. The van der Waals surface area contributed by atoms with E-state index in [0.717, 1.165) is 25.9 Å². The summed E-state index contributed by atoms with van der Waals surface area (Å²) >= 11 is 0. The van der Waals surface area contributed by atoms with Crippen LogP contribution in [0.25, 0.3) is 0 Å². The van der Waals surface area contributed by atoms with Crippen LogP contribution < -0.4 is 11.3 Å². The van der Waals surface area contributed by atoms with Gasteiger partial charge in [0.05, 0.1) is 0 Å². The number of hydrogen-bond acceptors (Lipinski definition) is 3. The molecule has 0 radical (unpaired) electrons. The number of ether oxygens (including phenoxy) is 1. The van der Waals surface area contributed by atoms with Gasteiger partial charge in [0, 0.05) is 19.8 Å². The number of unbranched alkanes of at least 4 members (excludes halogenated alkanes) is 3. The standard InChI is InChI=1S/C11H24N2O/c1-3-4-5-6-7-8-11(13-12)9-10-14-2/h3,11,13H,1,4-10,12H2,2H3. The van der Waals surface area contributed by atoms with Gasteiger partial charge in [0.15, 0.2) is 0 Å². The molecule has 3 heteroatoms. The van der Waals surface area contributed by atoms with E-state index in [2.05, 4.69) is 12.0 Å². The molecule has 0 aromatic carbocycles. The first-order chi connectivity index (χ1) is 6.85. The van der Waals surface area contributed by atoms with Crippen molar-refractivity contribution in [2.24, 2.45) is 5.84 Å². The van der Waals surface area contributed by atoms with E-state index in [1.165, 1.54) is 19.3 Å². The van der Waals surface area contributed by atoms with E-state index >= 15 is 0 Å². The highest BCUT2D eigenvalue weighted by atomic mass is 16.5. The van der Waals surface area contributed by atoms with E-state index in [1.807, 2.05) is 6.08 Å². The van der Waals surface area contributed by atoms with Gasteiger partial charge in [0.2, 0.25) is 0 Å². The second-order valence-electron chi connectivity index (χ2n) is 3.57. The third kappa shape index (κ3) is 8.23. The predicted octanol–water partition coefficient (Wildman–Crippen LogP) is 1.99. The fourth-order valence-electron chi connectivity index (χ4n) is 1.43. The van der Waals surface area contributed by atoms with E-state index in [0.29, 0.717) is 6.04 Å². The van der Waals surface area contributed by atoms with Gasteiger partial charge < -0.3 is 4.74 Å². The van der Waals surface area contributed by atoms with Crippen LogP contribution in [0.3, 0.4) is 0 Å². The summed E-state index contributed by atoms with van der Waals surface area (Å²) in [5, 5.41) is 0. The van der Waals surface area contributed by atoms with Crippen LogP contribution in [-0.2, 0) is 4.74 Å². The summed E-state index contributed by atoms with van der Waals surface area (Å²) in [7, 11) is 1.72. The molecular formula is C11H24N2O. The summed E-state index contributed by atoms with van der Waals surface area (Å²) < 4.78 is 5.01. The second-order valence-corrected chi connectivity index (χ2v) is 3.57. The summed E-state index contributed by atoms with van der Waals surface area (Å²) in [5.74, 6) is 5.43. The number of nitrogens with two attached hydrogens (primary N) is 1. The lowest BCUT2D eigenvalue weighted by Gasteiger charge is -2.14. The van der Waals surface area contributed by atoms with Crippen molar-refractivity contribution >= 4 is 0 Å². The normalized spacial score (nSPS) is 12.7. The zero-order chi connectivity index (χ0) is 10.6. The Labute approximate surface area is 87.7 Å². The fourth-order valence-corrected chi connectivity index (χ4v) is 1.43. The Bertz CT molecular complexity index is 128. The quantitative estimate of drug-likeness (QED) is 0.245. The van der Waals surface area contributed by atoms with Crippen LogP contribution in [0.4, 0.5) is 0 Å². The highest BCUT2D eigenvalue weighted by Gasteiger charge is 2.04. The Morgan fingerprint density at radius 2 is 2.14 bits per heavy atom. The maximum absolute atomic E-state index is 5.43. The molecule has 0 amide bonds. The molecule has 84 valence electrons. The molecule has 3 nitrogen and oxygen atoms in total. The van der Waals surface area contributed by atoms with Crippen LogP contribution in [0.15, 0.2) is 12.7 Å². The molecule has 0 saturated carbocycles. The highest BCUT2D eigenvalue weighted by Crippen LogP contribution is 2.07. The Morgan fingerprint density at radius 3 is 2.71 bits per heavy atom. The van der Waals surface area contributed by atoms with E-state index in [1.54, 1.807) is 7.11 Å². The van der Waals surface area contributed by atoms with Crippen molar-refractivity contribution in [3.63, 3.8) is 0 Å². The molecule has 0 bridgehead atoms. The Morgan fingerprint density at radius 1 is 1.36 bits per heavy atom. The first-order valence-corrected chi connectivity index (χ1v) is 5.41. The zero-order valence-corrected chi connectivity index (χ0v) is 9.30. The van der Waals surface area contributed by atoms with Gasteiger partial charge in [-0.15, -0.1) is 6.58 Å². The van der Waals surface area contributed by atoms with Crippen LogP contribution in [-0.4, -0.2) is 19.8 Å². The minimum Gasteiger partial charge on any atom is -0.385 e. The van der Waals surface area contributed by atoms with Crippen molar-refractivity contribution in [2.75, 3.05) is 13.7 Å². The van der Waals surface area contributed by atoms with Gasteiger partial charge in [-0.1, -0.05) is 18.9 Å². The smallest absolute Gasteiger partial charge is 0.0477 e. The molecule has 1 atom stereocenters. The monoisotopic (exact) mass is 200 g/mol. The third-order valence-corrected chi connectivity index (χ3v) is 2.37. The summed E-state index contributed by atoms with van der Waals surface area (Å²) in [6.07, 6.45) is 8.96. The van der Waals surface area contributed by atoms with E-state index in [-0.39, 0.29) is 0 Å². The Balaban J connectivity index is 3.28. The minimum atomic E-state index is 0.402. The minimum absolute atomic E-state index is 0.402. The number of nitrogens with one attached hydrogen (secondary N) is 1. The fraction of sp³-hybridized carbons (Fsp3) is 0.818. The van der Waals surface area contributed by atoms with Crippen LogP contribution >= 0.6 is 0 Å². The number of methoxy groups -OCH3 is 1. The molecule has 0 aliphatic heterocycles. The van der Waals surface area contributed by atoms with Crippen LogP contribution in [0, 0.1) is 0 Å². The highest BCUT2D eigenvalue weighted by molar-refractivity contribution is 4.67. The lowest BCUT2D eigenvalue weighted by Crippen LogP contribution is -2.35. The average molecular weight is 200 g/mol. The van der Waals surface area contributed by atoms with Gasteiger partial charge in [-0.3, -0.25) is 11.3 Å². The van der Waals surface area contributed by atoms with Gasteiger partial charge >= 0.3 is 0 Å². The molecule has 0 aromatic heterocycles. The van der Waals surface area contributed by atoms with Crippen LogP contribution in [0.1, 0.15) is 38.5 Å². The maximum atomic E-state index is 5.43. The average Bonchev–Trinajstić information content (AvgIpc) is 2.22. The van der Waals surface area contributed by atoms with E-state index in [4.69, 9.17) is 10.6 Å². The molecular weight excluding hydrogens is 176 g/mol. The lowest BCUT2D eigenvalue weighted by molar-refractivity contribution is 0.180. The number of rotatable bonds is 10. The predicted molar refractivity (Wildman–Crippen MR) is 60.9 cm³/mol. The largest absolute Gasteiger partial charge is 0.385 e. The first-order valence-electron chi connectivity index (χ1n) is 5.41. The third-order valence-electron chi connectivity index (χ3n) is 2.37. The molecule has 3 N–H and O–H groups in total.